The molecular weight excluding hydrogens is 402 g/mol. The van der Waals surface area contributed by atoms with Crippen molar-refractivity contribution in [3.05, 3.63) is 71.3 Å². The third-order valence-corrected chi connectivity index (χ3v) is 4.89. The Bertz CT molecular complexity index is 968. The smallest absolute Gasteiger partial charge is 0.247 e. The van der Waals surface area contributed by atoms with Gasteiger partial charge in [0.2, 0.25) is 11.8 Å². The molecule has 0 radical (unpaired) electrons. The molecule has 0 spiro atoms. The molecule has 2 aromatic heterocycles. The molecule has 0 amide bonds. The van der Waals surface area contributed by atoms with Crippen molar-refractivity contribution in [3.63, 3.8) is 0 Å². The summed E-state index contributed by atoms with van der Waals surface area (Å²) in [5.74, 6) is 1.58. The van der Waals surface area contributed by atoms with Crippen molar-refractivity contribution in [2.45, 2.75) is 10.9 Å². The topological polar surface area (TPSA) is 69.6 Å². The molecular formula is C17H12BrN5OS. The molecule has 8 heteroatoms. The van der Waals surface area contributed by atoms with Crippen molar-refractivity contribution in [2.24, 2.45) is 0 Å². The second-order valence-corrected chi connectivity index (χ2v) is 6.97. The Hall–Kier alpha value is -2.45. The lowest BCUT2D eigenvalue weighted by Gasteiger charge is -2.04. The van der Waals surface area contributed by atoms with Crippen LogP contribution in [0, 0.1) is 0 Å². The van der Waals surface area contributed by atoms with Gasteiger partial charge in [-0.15, -0.1) is 20.4 Å². The molecule has 124 valence electrons. The lowest BCUT2D eigenvalue weighted by molar-refractivity contribution is 0.528. The van der Waals surface area contributed by atoms with Gasteiger partial charge in [-0.05, 0) is 36.4 Å². The SMILES string of the molecule is Brc1ccc(-c2nnc(CSc3nncn3-c3ccccc3)o2)cc1. The van der Waals surface area contributed by atoms with E-state index >= 15 is 0 Å². The number of thioether (sulfide) groups is 1. The molecule has 0 atom stereocenters. The number of aromatic nitrogens is 5. The molecule has 6 nitrogen and oxygen atoms in total. The predicted molar refractivity (Wildman–Crippen MR) is 98.4 cm³/mol. The van der Waals surface area contributed by atoms with E-state index in [1.165, 1.54) is 11.8 Å². The van der Waals surface area contributed by atoms with Crippen molar-refractivity contribution in [3.8, 4) is 17.1 Å². The quantitative estimate of drug-likeness (QED) is 0.452. The minimum atomic E-state index is 0.507. The number of para-hydroxylation sites is 1. The average molecular weight is 414 g/mol. The fourth-order valence-corrected chi connectivity index (χ4v) is 3.27. The van der Waals surface area contributed by atoms with Gasteiger partial charge in [0.25, 0.3) is 0 Å². The van der Waals surface area contributed by atoms with E-state index in [1.54, 1.807) is 6.33 Å². The first-order valence-corrected chi connectivity index (χ1v) is 9.24. The molecule has 0 saturated carbocycles. The molecule has 0 saturated heterocycles. The normalized spacial score (nSPS) is 10.9. The van der Waals surface area contributed by atoms with Crippen molar-refractivity contribution in [2.75, 3.05) is 0 Å². The summed E-state index contributed by atoms with van der Waals surface area (Å²) in [4.78, 5) is 0. The first kappa shape index (κ1) is 16.0. The zero-order chi connectivity index (χ0) is 17.1. The van der Waals surface area contributed by atoms with Crippen LogP contribution in [0.15, 0.2) is 75.0 Å². The molecule has 25 heavy (non-hydrogen) atoms. The molecule has 0 aliphatic rings. The molecule has 0 aliphatic heterocycles. The molecule has 0 aliphatic carbocycles. The van der Waals surface area contributed by atoms with Gasteiger partial charge in [-0.2, -0.15) is 0 Å². The van der Waals surface area contributed by atoms with Crippen LogP contribution < -0.4 is 0 Å². The lowest BCUT2D eigenvalue weighted by atomic mass is 10.2. The van der Waals surface area contributed by atoms with Crippen LogP contribution in [0.5, 0.6) is 0 Å². The minimum Gasteiger partial charge on any atom is -0.420 e. The fraction of sp³-hybridized carbons (Fsp3) is 0.0588. The van der Waals surface area contributed by atoms with Crippen molar-refractivity contribution < 1.29 is 4.42 Å². The van der Waals surface area contributed by atoms with E-state index in [0.717, 1.165) is 20.9 Å². The summed E-state index contributed by atoms with van der Waals surface area (Å²) in [6.07, 6.45) is 1.69. The van der Waals surface area contributed by atoms with Crippen molar-refractivity contribution in [1.29, 1.82) is 0 Å². The van der Waals surface area contributed by atoms with E-state index in [-0.39, 0.29) is 0 Å². The highest BCUT2D eigenvalue weighted by Gasteiger charge is 2.12. The lowest BCUT2D eigenvalue weighted by Crippen LogP contribution is -1.94. The Labute approximate surface area is 156 Å². The largest absolute Gasteiger partial charge is 0.420 e. The van der Waals surface area contributed by atoms with Crippen molar-refractivity contribution >= 4 is 27.7 Å². The molecule has 4 rings (SSSR count). The highest BCUT2D eigenvalue weighted by Crippen LogP contribution is 2.25. The highest BCUT2D eigenvalue weighted by molar-refractivity contribution is 9.10. The summed E-state index contributed by atoms with van der Waals surface area (Å²) in [7, 11) is 0. The monoisotopic (exact) mass is 413 g/mol. The minimum absolute atomic E-state index is 0.507. The van der Waals surface area contributed by atoms with Gasteiger partial charge in [-0.25, -0.2) is 0 Å². The third-order valence-electron chi connectivity index (χ3n) is 3.43. The van der Waals surface area contributed by atoms with E-state index in [0.29, 0.717) is 17.5 Å². The Balaban J connectivity index is 1.48. The van der Waals surface area contributed by atoms with Crippen LogP contribution in [0.2, 0.25) is 0 Å². The van der Waals surface area contributed by atoms with Crippen LogP contribution in [0.3, 0.4) is 0 Å². The van der Waals surface area contributed by atoms with Crippen LogP contribution in [-0.2, 0) is 5.75 Å². The average Bonchev–Trinajstić information content (AvgIpc) is 3.31. The van der Waals surface area contributed by atoms with Crippen LogP contribution in [0.1, 0.15) is 5.89 Å². The predicted octanol–water partition coefficient (Wildman–Crippen LogP) is 4.37. The van der Waals surface area contributed by atoms with Gasteiger partial charge in [0.05, 0.1) is 5.75 Å². The van der Waals surface area contributed by atoms with E-state index in [1.807, 2.05) is 59.2 Å². The Morgan fingerprint density at radius 3 is 2.56 bits per heavy atom. The number of nitrogens with zero attached hydrogens (tertiary/aromatic N) is 5. The fourth-order valence-electron chi connectivity index (χ4n) is 2.24. The second-order valence-electron chi connectivity index (χ2n) is 5.12. The first-order chi connectivity index (χ1) is 12.3. The van der Waals surface area contributed by atoms with Crippen LogP contribution in [-0.4, -0.2) is 25.0 Å². The maximum atomic E-state index is 5.74. The van der Waals surface area contributed by atoms with Crippen LogP contribution in [0.4, 0.5) is 0 Å². The van der Waals surface area contributed by atoms with Gasteiger partial charge >= 0.3 is 0 Å². The second kappa shape index (κ2) is 7.20. The molecule has 2 heterocycles. The Morgan fingerprint density at radius 1 is 0.960 bits per heavy atom. The summed E-state index contributed by atoms with van der Waals surface area (Å²) in [5, 5.41) is 17.1. The van der Waals surface area contributed by atoms with Crippen LogP contribution in [0.25, 0.3) is 17.1 Å². The van der Waals surface area contributed by atoms with E-state index < -0.39 is 0 Å². The van der Waals surface area contributed by atoms with Gasteiger partial charge in [0.1, 0.15) is 6.33 Å². The summed E-state index contributed by atoms with van der Waals surface area (Å²) in [5.41, 5.74) is 1.90. The molecule has 0 N–H and O–H groups in total. The van der Waals surface area contributed by atoms with E-state index in [9.17, 15) is 0 Å². The Morgan fingerprint density at radius 2 is 1.76 bits per heavy atom. The van der Waals surface area contributed by atoms with Crippen LogP contribution >= 0.6 is 27.7 Å². The van der Waals surface area contributed by atoms with E-state index in [4.69, 9.17) is 4.42 Å². The zero-order valence-corrected chi connectivity index (χ0v) is 15.3. The highest BCUT2D eigenvalue weighted by atomic mass is 79.9. The summed E-state index contributed by atoms with van der Waals surface area (Å²) in [6.45, 7) is 0. The number of hydrogen-bond donors (Lipinski definition) is 0. The molecule has 2 aromatic carbocycles. The first-order valence-electron chi connectivity index (χ1n) is 7.46. The number of rotatable bonds is 5. The van der Waals surface area contributed by atoms with Gasteiger partial charge in [-0.1, -0.05) is 45.9 Å². The Kier molecular flexibility index (Phi) is 4.62. The van der Waals surface area contributed by atoms with E-state index in [2.05, 4.69) is 36.3 Å². The molecule has 4 aromatic rings. The standard InChI is InChI=1S/C17H12BrN5OS/c18-13-8-6-12(7-9-13)16-21-20-15(24-16)10-25-17-22-19-11-23(17)14-4-2-1-3-5-14/h1-9,11H,10H2. The maximum absolute atomic E-state index is 5.74. The number of hydrogen-bond acceptors (Lipinski definition) is 6. The molecule has 0 bridgehead atoms. The summed E-state index contributed by atoms with van der Waals surface area (Å²) >= 11 is 4.91. The van der Waals surface area contributed by atoms with Gasteiger partial charge in [-0.3, -0.25) is 4.57 Å². The zero-order valence-electron chi connectivity index (χ0n) is 12.9. The maximum Gasteiger partial charge on any atom is 0.247 e. The van der Waals surface area contributed by atoms with Gasteiger partial charge in [0.15, 0.2) is 5.16 Å². The van der Waals surface area contributed by atoms with Gasteiger partial charge in [0, 0.05) is 15.7 Å². The number of halogens is 1. The van der Waals surface area contributed by atoms with Crippen molar-refractivity contribution in [1.82, 2.24) is 25.0 Å². The third kappa shape index (κ3) is 3.64. The molecule has 0 fully saturated rings. The summed E-state index contributed by atoms with van der Waals surface area (Å²) in [6, 6.07) is 17.7. The summed E-state index contributed by atoms with van der Waals surface area (Å²) < 4.78 is 8.67. The number of benzene rings is 2. The molecule has 0 unspecified atom stereocenters. The van der Waals surface area contributed by atoms with Gasteiger partial charge < -0.3 is 4.42 Å².